The van der Waals surface area contributed by atoms with Gasteiger partial charge in [-0.3, -0.25) is 9.69 Å². The third kappa shape index (κ3) is 5.69. The zero-order valence-electron chi connectivity index (χ0n) is 17.9. The molecule has 160 valence electrons. The number of likely N-dealkylation sites (tertiary alicyclic amines) is 1. The van der Waals surface area contributed by atoms with Crippen LogP contribution in [0.25, 0.3) is 0 Å². The van der Waals surface area contributed by atoms with Gasteiger partial charge in [0.25, 0.3) is 0 Å². The minimum atomic E-state index is -0.196. The fourth-order valence-electron chi connectivity index (χ4n) is 4.01. The zero-order chi connectivity index (χ0) is 20.9. The first-order valence-corrected chi connectivity index (χ1v) is 10.7. The lowest BCUT2D eigenvalue weighted by Crippen LogP contribution is -2.47. The van der Waals surface area contributed by atoms with E-state index in [1.807, 2.05) is 6.07 Å². The Morgan fingerprint density at radius 1 is 1.34 bits per heavy atom. The van der Waals surface area contributed by atoms with Crippen molar-refractivity contribution in [2.24, 2.45) is 4.99 Å². The lowest BCUT2D eigenvalue weighted by molar-refractivity contribution is -0.127. The molecule has 2 N–H and O–H groups in total. The molecule has 1 aliphatic heterocycles. The van der Waals surface area contributed by atoms with Crippen LogP contribution in [0.1, 0.15) is 38.2 Å². The number of nitrogens with one attached hydrogen (secondary N) is 2. The Kier molecular flexibility index (Phi) is 7.11. The highest BCUT2D eigenvalue weighted by Crippen LogP contribution is 2.47. The predicted octanol–water partition coefficient (Wildman–Crippen LogP) is 1.97. The highest BCUT2D eigenvalue weighted by Gasteiger charge is 2.44. The summed E-state index contributed by atoms with van der Waals surface area (Å²) in [4.78, 5) is 20.5. The second kappa shape index (κ2) is 9.57. The van der Waals surface area contributed by atoms with Crippen LogP contribution in [0.15, 0.2) is 29.3 Å². The summed E-state index contributed by atoms with van der Waals surface area (Å²) in [5.74, 6) is 0.428. The first-order valence-electron chi connectivity index (χ1n) is 10.7. The van der Waals surface area contributed by atoms with Crippen LogP contribution in [-0.4, -0.2) is 74.5 Å². The molecule has 0 spiro atoms. The Hall–Kier alpha value is -2.15. The highest BCUT2D eigenvalue weighted by atomic mass is 19.1. The number of halogens is 1. The van der Waals surface area contributed by atoms with Crippen LogP contribution in [0.5, 0.6) is 0 Å². The summed E-state index contributed by atoms with van der Waals surface area (Å²) in [7, 11) is 3.47. The van der Waals surface area contributed by atoms with Crippen molar-refractivity contribution in [3.05, 3.63) is 35.6 Å². The number of benzene rings is 1. The smallest absolute Gasteiger partial charge is 0.243 e. The third-order valence-electron chi connectivity index (χ3n) is 6.17. The summed E-state index contributed by atoms with van der Waals surface area (Å²) in [6.07, 6.45) is 4.46. The molecule has 0 radical (unpaired) electrons. The molecule has 1 aromatic carbocycles. The van der Waals surface area contributed by atoms with Gasteiger partial charge in [0, 0.05) is 38.6 Å². The molecule has 1 saturated heterocycles. The first kappa shape index (κ1) is 21.6. The van der Waals surface area contributed by atoms with E-state index in [4.69, 9.17) is 0 Å². The summed E-state index contributed by atoms with van der Waals surface area (Å²) in [6.45, 7) is 5.98. The molecular weight excluding hydrogens is 369 g/mol. The van der Waals surface area contributed by atoms with Crippen molar-refractivity contribution in [3.8, 4) is 0 Å². The number of likely N-dealkylation sites (N-methyl/N-ethyl adjacent to an activating group) is 2. The van der Waals surface area contributed by atoms with Crippen molar-refractivity contribution >= 4 is 11.9 Å². The van der Waals surface area contributed by atoms with Crippen molar-refractivity contribution in [1.29, 1.82) is 0 Å². The molecule has 1 aromatic rings. The van der Waals surface area contributed by atoms with Crippen LogP contribution < -0.4 is 10.6 Å². The number of carbonyl (C=O) groups excluding carboxylic acids is 1. The SMILES string of the molecule is CCN1CCCC1CNC(=NCC(=O)N(C)C)NCC1(c2cccc(F)c2)CC1. The summed E-state index contributed by atoms with van der Waals surface area (Å²) in [5.41, 5.74) is 0.987. The van der Waals surface area contributed by atoms with Gasteiger partial charge >= 0.3 is 0 Å². The molecule has 29 heavy (non-hydrogen) atoms. The van der Waals surface area contributed by atoms with E-state index in [-0.39, 0.29) is 23.7 Å². The second-order valence-corrected chi connectivity index (χ2v) is 8.40. The molecule has 3 rings (SSSR count). The summed E-state index contributed by atoms with van der Waals surface area (Å²) in [6, 6.07) is 7.37. The fraction of sp³-hybridized carbons (Fsp3) is 0.636. The average Bonchev–Trinajstić information content (AvgIpc) is 3.37. The Bertz CT molecular complexity index is 732. The van der Waals surface area contributed by atoms with Crippen molar-refractivity contribution in [1.82, 2.24) is 20.4 Å². The van der Waals surface area contributed by atoms with Gasteiger partial charge in [-0.1, -0.05) is 19.1 Å². The molecule has 2 fully saturated rings. The molecule has 1 unspecified atom stereocenters. The monoisotopic (exact) mass is 403 g/mol. The fourth-order valence-corrected chi connectivity index (χ4v) is 4.01. The van der Waals surface area contributed by atoms with Crippen molar-refractivity contribution in [2.75, 3.05) is 46.8 Å². The van der Waals surface area contributed by atoms with E-state index >= 15 is 0 Å². The second-order valence-electron chi connectivity index (χ2n) is 8.40. The number of aliphatic imine (C=N–C) groups is 1. The Labute approximate surface area is 173 Å². The standard InChI is InChI=1S/C22H34FN5O/c1-4-28-12-6-9-19(28)14-24-21(25-15-20(29)27(2)3)26-16-22(10-11-22)17-7-5-8-18(23)13-17/h5,7-8,13,19H,4,6,9-12,14-16H2,1-3H3,(H2,24,25,26). The topological polar surface area (TPSA) is 60.0 Å². The van der Waals surface area contributed by atoms with Gasteiger partial charge in [-0.05, 0) is 56.5 Å². The van der Waals surface area contributed by atoms with E-state index < -0.39 is 0 Å². The lowest BCUT2D eigenvalue weighted by atomic mass is 9.96. The maximum atomic E-state index is 13.7. The minimum Gasteiger partial charge on any atom is -0.356 e. The van der Waals surface area contributed by atoms with Crippen LogP contribution in [0.3, 0.4) is 0 Å². The van der Waals surface area contributed by atoms with E-state index in [2.05, 4.69) is 27.4 Å². The quantitative estimate of drug-likeness (QED) is 0.515. The Morgan fingerprint density at radius 2 is 2.14 bits per heavy atom. The van der Waals surface area contributed by atoms with Crippen molar-refractivity contribution in [3.63, 3.8) is 0 Å². The van der Waals surface area contributed by atoms with E-state index in [9.17, 15) is 9.18 Å². The molecular formula is C22H34FN5O. The van der Waals surface area contributed by atoms with Gasteiger partial charge in [0.1, 0.15) is 12.4 Å². The van der Waals surface area contributed by atoms with Gasteiger partial charge in [0.2, 0.25) is 5.91 Å². The first-order chi connectivity index (χ1) is 13.9. The maximum Gasteiger partial charge on any atom is 0.243 e. The average molecular weight is 404 g/mol. The van der Waals surface area contributed by atoms with Gasteiger partial charge in [-0.15, -0.1) is 0 Å². The predicted molar refractivity (Wildman–Crippen MR) is 115 cm³/mol. The van der Waals surface area contributed by atoms with Gasteiger partial charge in [0.15, 0.2) is 5.96 Å². The van der Waals surface area contributed by atoms with E-state index in [1.165, 1.54) is 18.9 Å². The molecule has 1 aliphatic carbocycles. The number of guanidine groups is 1. The lowest BCUT2D eigenvalue weighted by Gasteiger charge is -2.25. The van der Waals surface area contributed by atoms with Gasteiger partial charge < -0.3 is 15.5 Å². The van der Waals surface area contributed by atoms with Crippen LogP contribution in [0.4, 0.5) is 4.39 Å². The Morgan fingerprint density at radius 3 is 2.79 bits per heavy atom. The van der Waals surface area contributed by atoms with Crippen molar-refractivity contribution < 1.29 is 9.18 Å². The normalized spacial score (nSPS) is 21.1. The molecule has 0 bridgehead atoms. The molecule has 0 aromatic heterocycles. The van der Waals surface area contributed by atoms with Crippen LogP contribution >= 0.6 is 0 Å². The van der Waals surface area contributed by atoms with E-state index in [0.717, 1.165) is 38.0 Å². The molecule has 1 amide bonds. The number of hydrogen-bond donors (Lipinski definition) is 2. The highest BCUT2D eigenvalue weighted by molar-refractivity contribution is 5.84. The molecule has 2 aliphatic rings. The van der Waals surface area contributed by atoms with E-state index in [1.54, 1.807) is 31.1 Å². The molecule has 6 nitrogen and oxygen atoms in total. The van der Waals surface area contributed by atoms with Gasteiger partial charge in [0.05, 0.1) is 0 Å². The number of rotatable bonds is 8. The largest absolute Gasteiger partial charge is 0.356 e. The molecule has 7 heteroatoms. The maximum absolute atomic E-state index is 13.7. The van der Waals surface area contributed by atoms with Crippen LogP contribution in [0, 0.1) is 5.82 Å². The Balaban J connectivity index is 1.63. The molecule has 1 saturated carbocycles. The van der Waals surface area contributed by atoms with E-state index in [0.29, 0.717) is 18.5 Å². The summed E-state index contributed by atoms with van der Waals surface area (Å²) in [5, 5.41) is 6.85. The number of carbonyl (C=O) groups is 1. The molecule has 1 heterocycles. The third-order valence-corrected chi connectivity index (χ3v) is 6.17. The summed E-state index contributed by atoms with van der Waals surface area (Å²) >= 11 is 0. The number of amides is 1. The number of nitrogens with zero attached hydrogens (tertiary/aromatic N) is 3. The minimum absolute atomic E-state index is 0.0339. The zero-order valence-corrected chi connectivity index (χ0v) is 17.9. The van der Waals surface area contributed by atoms with Crippen molar-refractivity contribution in [2.45, 2.75) is 44.1 Å². The summed E-state index contributed by atoms with van der Waals surface area (Å²) < 4.78 is 13.7. The molecule has 1 atom stereocenters. The van der Waals surface area contributed by atoms with Crippen LogP contribution in [-0.2, 0) is 10.2 Å². The van der Waals surface area contributed by atoms with Gasteiger partial charge in [-0.2, -0.15) is 0 Å². The number of hydrogen-bond acceptors (Lipinski definition) is 3. The van der Waals surface area contributed by atoms with Gasteiger partial charge in [-0.25, -0.2) is 9.38 Å². The van der Waals surface area contributed by atoms with Crippen LogP contribution in [0.2, 0.25) is 0 Å².